The summed E-state index contributed by atoms with van der Waals surface area (Å²) in [5.74, 6) is 0.587. The van der Waals surface area contributed by atoms with E-state index >= 15 is 0 Å². The highest BCUT2D eigenvalue weighted by Crippen LogP contribution is 2.21. The monoisotopic (exact) mass is 430 g/mol. The van der Waals surface area contributed by atoms with Gasteiger partial charge in [-0.3, -0.25) is 9.89 Å². The lowest BCUT2D eigenvalue weighted by atomic mass is 9.98. The number of rotatable bonds is 7. The van der Waals surface area contributed by atoms with Gasteiger partial charge in [-0.2, -0.15) is 0 Å². The van der Waals surface area contributed by atoms with Crippen LogP contribution in [0.1, 0.15) is 44.2 Å². The summed E-state index contributed by atoms with van der Waals surface area (Å²) in [5.41, 5.74) is 8.91. The number of nitrogens with two attached hydrogens (primary N) is 1. The van der Waals surface area contributed by atoms with Gasteiger partial charge in [0.15, 0.2) is 5.96 Å². The second-order valence-corrected chi connectivity index (χ2v) is 6.06. The van der Waals surface area contributed by atoms with Crippen molar-refractivity contribution in [3.8, 4) is 0 Å². The summed E-state index contributed by atoms with van der Waals surface area (Å²) in [6.45, 7) is 8.27. The van der Waals surface area contributed by atoms with E-state index in [4.69, 9.17) is 5.73 Å². The summed E-state index contributed by atoms with van der Waals surface area (Å²) in [6.07, 6.45) is 4.55. The second-order valence-electron chi connectivity index (χ2n) is 6.06. The highest BCUT2D eigenvalue weighted by Gasteiger charge is 2.21. The van der Waals surface area contributed by atoms with Crippen LogP contribution in [0, 0.1) is 0 Å². The Hall–Kier alpha value is -0.820. The molecule has 130 valence electrons. The van der Waals surface area contributed by atoms with Crippen LogP contribution in [0.4, 0.5) is 0 Å². The van der Waals surface area contributed by atoms with Crippen LogP contribution >= 0.6 is 24.0 Å². The Morgan fingerprint density at radius 3 is 2.74 bits per heavy atom. The SMILES string of the molecule is CCCCNC(N)=NCC(CC)N1CCc2ccccc2C1.I. The van der Waals surface area contributed by atoms with Gasteiger partial charge < -0.3 is 11.1 Å². The quantitative estimate of drug-likeness (QED) is 0.303. The van der Waals surface area contributed by atoms with E-state index in [1.54, 1.807) is 0 Å². The van der Waals surface area contributed by atoms with Gasteiger partial charge in [0.1, 0.15) is 0 Å². The molecule has 0 saturated heterocycles. The molecule has 4 nitrogen and oxygen atoms in total. The van der Waals surface area contributed by atoms with Crippen LogP contribution in [-0.2, 0) is 13.0 Å². The summed E-state index contributed by atoms with van der Waals surface area (Å²) in [7, 11) is 0. The highest BCUT2D eigenvalue weighted by molar-refractivity contribution is 14.0. The maximum atomic E-state index is 5.94. The highest BCUT2D eigenvalue weighted by atomic mass is 127. The van der Waals surface area contributed by atoms with E-state index in [1.165, 1.54) is 17.5 Å². The average Bonchev–Trinajstić information content (AvgIpc) is 2.55. The van der Waals surface area contributed by atoms with Crippen molar-refractivity contribution in [3.05, 3.63) is 35.4 Å². The standard InChI is InChI=1S/C18H30N4.HI/c1-3-5-11-20-18(19)21-13-17(4-2)22-12-10-15-8-6-7-9-16(15)14-22;/h6-9,17H,3-5,10-14H2,1-2H3,(H3,19,20,21);1H. The van der Waals surface area contributed by atoms with Gasteiger partial charge in [-0.05, 0) is 30.4 Å². The Bertz CT molecular complexity index is 490. The molecule has 0 aromatic heterocycles. The molecule has 0 bridgehead atoms. The Balaban J connectivity index is 0.00000264. The summed E-state index contributed by atoms with van der Waals surface area (Å²) >= 11 is 0. The van der Waals surface area contributed by atoms with Crippen molar-refractivity contribution in [2.24, 2.45) is 10.7 Å². The summed E-state index contributed by atoms with van der Waals surface area (Å²) in [6, 6.07) is 9.25. The van der Waals surface area contributed by atoms with Gasteiger partial charge in [0.25, 0.3) is 0 Å². The van der Waals surface area contributed by atoms with Crippen LogP contribution in [0.5, 0.6) is 0 Å². The zero-order chi connectivity index (χ0) is 15.8. The first-order valence-corrected chi connectivity index (χ1v) is 8.59. The third kappa shape index (κ3) is 6.30. The van der Waals surface area contributed by atoms with E-state index in [0.717, 1.165) is 45.4 Å². The van der Waals surface area contributed by atoms with Crippen LogP contribution in [0.2, 0.25) is 0 Å². The zero-order valence-corrected chi connectivity index (χ0v) is 16.8. The maximum Gasteiger partial charge on any atom is 0.188 e. The normalized spacial score (nSPS) is 16.3. The minimum absolute atomic E-state index is 0. The predicted octanol–water partition coefficient (Wildman–Crippen LogP) is 3.15. The number of guanidine groups is 1. The van der Waals surface area contributed by atoms with Crippen molar-refractivity contribution < 1.29 is 0 Å². The van der Waals surface area contributed by atoms with Crippen LogP contribution < -0.4 is 11.1 Å². The molecule has 0 aliphatic carbocycles. The van der Waals surface area contributed by atoms with Gasteiger partial charge in [-0.1, -0.05) is 44.5 Å². The smallest absolute Gasteiger partial charge is 0.188 e. The molecule has 0 saturated carbocycles. The number of unbranched alkanes of at least 4 members (excludes halogenated alkanes) is 1. The first-order chi connectivity index (χ1) is 10.7. The minimum atomic E-state index is 0. The molecule has 1 unspecified atom stereocenters. The van der Waals surface area contributed by atoms with Crippen LogP contribution in [0.3, 0.4) is 0 Å². The van der Waals surface area contributed by atoms with Gasteiger partial charge >= 0.3 is 0 Å². The molecule has 1 aromatic rings. The topological polar surface area (TPSA) is 53.6 Å². The fraction of sp³-hybridized carbons (Fsp3) is 0.611. The van der Waals surface area contributed by atoms with Gasteiger partial charge in [-0.15, -0.1) is 24.0 Å². The molecule has 1 aliphatic heterocycles. The molecule has 1 heterocycles. The molecule has 1 aliphatic rings. The van der Waals surface area contributed by atoms with Crippen molar-refractivity contribution in [3.63, 3.8) is 0 Å². The molecular formula is C18H31IN4. The van der Waals surface area contributed by atoms with Crippen LogP contribution in [-0.4, -0.2) is 36.5 Å². The number of benzene rings is 1. The summed E-state index contributed by atoms with van der Waals surface area (Å²) in [5, 5.41) is 3.19. The summed E-state index contributed by atoms with van der Waals surface area (Å²) in [4.78, 5) is 7.09. The van der Waals surface area contributed by atoms with Crippen molar-refractivity contribution in [1.29, 1.82) is 0 Å². The number of hydrogen-bond donors (Lipinski definition) is 2. The van der Waals surface area contributed by atoms with Gasteiger partial charge in [0.05, 0.1) is 6.54 Å². The largest absolute Gasteiger partial charge is 0.370 e. The number of nitrogens with one attached hydrogen (secondary N) is 1. The molecule has 0 amide bonds. The second kappa shape index (κ2) is 10.9. The number of hydrogen-bond acceptors (Lipinski definition) is 2. The molecule has 3 N–H and O–H groups in total. The first-order valence-electron chi connectivity index (χ1n) is 8.59. The molecular weight excluding hydrogens is 399 g/mol. The molecule has 1 atom stereocenters. The van der Waals surface area contributed by atoms with Crippen molar-refractivity contribution in [2.75, 3.05) is 19.6 Å². The molecule has 5 heteroatoms. The lowest BCUT2D eigenvalue weighted by molar-refractivity contribution is 0.178. The average molecular weight is 430 g/mol. The summed E-state index contributed by atoms with van der Waals surface area (Å²) < 4.78 is 0. The zero-order valence-electron chi connectivity index (χ0n) is 14.4. The Labute approximate surface area is 157 Å². The van der Waals surface area contributed by atoms with E-state index in [1.807, 2.05) is 0 Å². The number of aliphatic imine (C=N–C) groups is 1. The fourth-order valence-electron chi connectivity index (χ4n) is 2.98. The van der Waals surface area contributed by atoms with Crippen molar-refractivity contribution >= 4 is 29.9 Å². The lowest BCUT2D eigenvalue weighted by Crippen LogP contribution is -2.41. The van der Waals surface area contributed by atoms with E-state index in [2.05, 4.69) is 53.3 Å². The third-order valence-electron chi connectivity index (χ3n) is 4.46. The first kappa shape index (κ1) is 20.2. The predicted molar refractivity (Wildman–Crippen MR) is 109 cm³/mol. The van der Waals surface area contributed by atoms with Crippen LogP contribution in [0.25, 0.3) is 0 Å². The maximum absolute atomic E-state index is 5.94. The van der Waals surface area contributed by atoms with Gasteiger partial charge in [-0.25, -0.2) is 0 Å². The third-order valence-corrected chi connectivity index (χ3v) is 4.46. The van der Waals surface area contributed by atoms with E-state index < -0.39 is 0 Å². The van der Waals surface area contributed by atoms with E-state index in [-0.39, 0.29) is 24.0 Å². The Morgan fingerprint density at radius 1 is 1.30 bits per heavy atom. The lowest BCUT2D eigenvalue weighted by Gasteiger charge is -2.34. The number of nitrogens with zero attached hydrogens (tertiary/aromatic N) is 2. The van der Waals surface area contributed by atoms with Crippen molar-refractivity contribution in [1.82, 2.24) is 10.2 Å². The van der Waals surface area contributed by atoms with Crippen molar-refractivity contribution in [2.45, 2.75) is 52.1 Å². The van der Waals surface area contributed by atoms with E-state index in [9.17, 15) is 0 Å². The molecule has 2 rings (SSSR count). The number of halogens is 1. The molecule has 0 fully saturated rings. The number of fused-ring (bicyclic) bond motifs is 1. The Morgan fingerprint density at radius 2 is 2.04 bits per heavy atom. The molecule has 1 aromatic carbocycles. The fourth-order valence-corrected chi connectivity index (χ4v) is 2.98. The molecule has 0 spiro atoms. The van der Waals surface area contributed by atoms with E-state index in [0.29, 0.717) is 12.0 Å². The molecule has 0 radical (unpaired) electrons. The van der Waals surface area contributed by atoms with Gasteiger partial charge in [0.2, 0.25) is 0 Å². The Kier molecular flexibility index (Phi) is 9.55. The molecule has 23 heavy (non-hydrogen) atoms. The van der Waals surface area contributed by atoms with Crippen LogP contribution in [0.15, 0.2) is 29.3 Å². The minimum Gasteiger partial charge on any atom is -0.370 e. The van der Waals surface area contributed by atoms with Gasteiger partial charge in [0, 0.05) is 25.7 Å².